The molecule has 2 rings (SSSR count). The van der Waals surface area contributed by atoms with Gasteiger partial charge in [0, 0.05) is 19.6 Å². The molecule has 6 N–H and O–H groups in total. The fourth-order valence-corrected chi connectivity index (χ4v) is 4.13. The average molecular weight is 514 g/mol. The average Bonchev–Trinajstić information content (AvgIpc) is 2.90. The zero-order valence-electron chi connectivity index (χ0n) is 23.3. The molecule has 37 heavy (non-hydrogen) atoms. The SMILES string of the molecule is CCCCCCCCCCCCOc1nc(NCc2cccc(C[NH+]=C(N)N)c2)nc(N(CC)CC)n1. The normalized spacial score (nSPS) is 10.8. The van der Waals surface area contributed by atoms with Gasteiger partial charge in [-0.05, 0) is 31.4 Å². The summed E-state index contributed by atoms with van der Waals surface area (Å²) in [6.45, 7) is 9.85. The van der Waals surface area contributed by atoms with Crippen LogP contribution in [-0.4, -0.2) is 40.6 Å². The van der Waals surface area contributed by atoms with Crippen molar-refractivity contribution in [2.75, 3.05) is 29.9 Å². The lowest BCUT2D eigenvalue weighted by Crippen LogP contribution is -2.76. The van der Waals surface area contributed by atoms with Gasteiger partial charge in [-0.15, -0.1) is 0 Å². The minimum atomic E-state index is 0.211. The molecule has 1 heterocycles. The fourth-order valence-electron chi connectivity index (χ4n) is 4.13. The lowest BCUT2D eigenvalue weighted by atomic mass is 10.1. The highest BCUT2D eigenvalue weighted by molar-refractivity contribution is 5.69. The Hall–Kier alpha value is -3.10. The van der Waals surface area contributed by atoms with Gasteiger partial charge in [0.25, 0.3) is 0 Å². The Morgan fingerprint density at radius 2 is 1.51 bits per heavy atom. The van der Waals surface area contributed by atoms with Crippen LogP contribution in [0.4, 0.5) is 11.9 Å². The number of anilines is 2. The van der Waals surface area contributed by atoms with Gasteiger partial charge in [0.2, 0.25) is 11.9 Å². The van der Waals surface area contributed by atoms with E-state index in [1.165, 1.54) is 57.8 Å². The highest BCUT2D eigenvalue weighted by atomic mass is 16.5. The summed E-state index contributed by atoms with van der Waals surface area (Å²) in [4.78, 5) is 18.8. The highest BCUT2D eigenvalue weighted by Crippen LogP contribution is 2.17. The Morgan fingerprint density at radius 3 is 2.16 bits per heavy atom. The van der Waals surface area contributed by atoms with Gasteiger partial charge in [-0.1, -0.05) is 89.0 Å². The Balaban J connectivity index is 1.87. The standard InChI is InChI=1S/C28H48N8O/c1-4-7-8-9-10-11-12-13-14-15-19-37-28-34-26(33-27(35-28)36(5-2)6-3)32-22-24-18-16-17-23(20-24)21-31-25(29)30/h16-18,20H,4-15,19,21-22H2,1-3H3,(H4,29,30,31)(H,32,33,34,35)/p+1. The Kier molecular flexibility index (Phi) is 14.8. The summed E-state index contributed by atoms with van der Waals surface area (Å²) in [6, 6.07) is 8.57. The van der Waals surface area contributed by atoms with E-state index in [1.807, 2.05) is 12.1 Å². The summed E-state index contributed by atoms with van der Waals surface area (Å²) >= 11 is 0. The smallest absolute Gasteiger partial charge is 0.339 e. The molecule has 0 saturated carbocycles. The molecule has 0 radical (unpaired) electrons. The molecule has 1 aromatic heterocycles. The van der Waals surface area contributed by atoms with Gasteiger partial charge < -0.3 is 15.0 Å². The van der Waals surface area contributed by atoms with Crippen LogP contribution in [-0.2, 0) is 13.1 Å². The van der Waals surface area contributed by atoms with Crippen molar-refractivity contribution in [2.45, 2.75) is 98.1 Å². The topological polar surface area (TPSA) is 129 Å². The number of nitrogens with zero attached hydrogens (tertiary/aromatic N) is 4. The van der Waals surface area contributed by atoms with E-state index < -0.39 is 0 Å². The van der Waals surface area contributed by atoms with Gasteiger partial charge in [0.1, 0.15) is 0 Å². The van der Waals surface area contributed by atoms with Gasteiger partial charge in [0.15, 0.2) is 0 Å². The monoisotopic (exact) mass is 513 g/mol. The second-order valence-corrected chi connectivity index (χ2v) is 9.43. The van der Waals surface area contributed by atoms with E-state index in [2.05, 4.69) is 63.1 Å². The minimum absolute atomic E-state index is 0.211. The third-order valence-electron chi connectivity index (χ3n) is 6.32. The van der Waals surface area contributed by atoms with Crippen molar-refractivity contribution in [2.24, 2.45) is 11.5 Å². The molecule has 206 valence electrons. The van der Waals surface area contributed by atoms with Crippen molar-refractivity contribution in [3.05, 3.63) is 35.4 Å². The molecule has 0 atom stereocenters. The van der Waals surface area contributed by atoms with Crippen molar-refractivity contribution < 1.29 is 9.73 Å². The highest BCUT2D eigenvalue weighted by Gasteiger charge is 2.12. The molecule has 0 aliphatic carbocycles. The maximum absolute atomic E-state index is 5.96. The Morgan fingerprint density at radius 1 is 0.865 bits per heavy atom. The van der Waals surface area contributed by atoms with E-state index in [4.69, 9.17) is 16.2 Å². The number of aromatic nitrogens is 3. The maximum Gasteiger partial charge on any atom is 0.339 e. The van der Waals surface area contributed by atoms with Crippen molar-refractivity contribution in [3.63, 3.8) is 0 Å². The first-order valence-electron chi connectivity index (χ1n) is 14.1. The van der Waals surface area contributed by atoms with Crippen LogP contribution in [0.3, 0.4) is 0 Å². The van der Waals surface area contributed by atoms with E-state index in [0.29, 0.717) is 37.6 Å². The van der Waals surface area contributed by atoms with Crippen molar-refractivity contribution in [1.82, 2.24) is 15.0 Å². The summed E-state index contributed by atoms with van der Waals surface area (Å²) in [7, 11) is 0. The van der Waals surface area contributed by atoms with Crippen LogP contribution in [0.5, 0.6) is 6.01 Å². The summed E-state index contributed by atoms with van der Waals surface area (Å²) in [5.41, 5.74) is 13.2. The van der Waals surface area contributed by atoms with Crippen molar-refractivity contribution in [3.8, 4) is 6.01 Å². The molecule has 0 fully saturated rings. The molecule has 9 nitrogen and oxygen atoms in total. The zero-order chi connectivity index (χ0) is 26.7. The Labute approximate surface area is 223 Å². The largest absolute Gasteiger partial charge is 0.463 e. The summed E-state index contributed by atoms with van der Waals surface area (Å²) < 4.78 is 5.96. The first-order chi connectivity index (χ1) is 18.0. The third kappa shape index (κ3) is 12.6. The molecule has 1 aromatic carbocycles. The number of hydrogen-bond acceptors (Lipinski definition) is 6. The lowest BCUT2D eigenvalue weighted by molar-refractivity contribution is -0.477. The number of unbranched alkanes of at least 4 members (excludes halogenated alkanes) is 9. The molecule has 0 aliphatic heterocycles. The molecule has 0 bridgehead atoms. The molecule has 0 spiro atoms. The third-order valence-corrected chi connectivity index (χ3v) is 6.32. The predicted octanol–water partition coefficient (Wildman–Crippen LogP) is 3.48. The number of benzene rings is 1. The van der Waals surface area contributed by atoms with Crippen molar-refractivity contribution >= 4 is 17.9 Å². The number of hydrogen-bond donors (Lipinski definition) is 4. The van der Waals surface area contributed by atoms with E-state index in [1.54, 1.807) is 0 Å². The molecule has 9 heteroatoms. The number of ether oxygens (including phenoxy) is 1. The van der Waals surface area contributed by atoms with Gasteiger partial charge in [-0.25, -0.2) is 0 Å². The van der Waals surface area contributed by atoms with E-state index >= 15 is 0 Å². The van der Waals surface area contributed by atoms with Crippen LogP contribution >= 0.6 is 0 Å². The minimum Gasteiger partial charge on any atom is -0.463 e. The van der Waals surface area contributed by atoms with E-state index in [0.717, 1.165) is 30.6 Å². The van der Waals surface area contributed by atoms with Crippen LogP contribution < -0.4 is 31.4 Å². The molecule has 2 aromatic rings. The van der Waals surface area contributed by atoms with E-state index in [9.17, 15) is 0 Å². The van der Waals surface area contributed by atoms with Crippen LogP contribution in [0, 0.1) is 0 Å². The second-order valence-electron chi connectivity index (χ2n) is 9.43. The molecular weight excluding hydrogens is 464 g/mol. The van der Waals surface area contributed by atoms with Gasteiger partial charge in [-0.2, -0.15) is 15.0 Å². The predicted molar refractivity (Wildman–Crippen MR) is 153 cm³/mol. The summed E-state index contributed by atoms with van der Waals surface area (Å²) in [6.07, 6.45) is 12.9. The molecule has 0 aliphatic rings. The van der Waals surface area contributed by atoms with Gasteiger partial charge >= 0.3 is 12.0 Å². The molecule has 0 amide bonds. The van der Waals surface area contributed by atoms with Crippen molar-refractivity contribution in [1.29, 1.82) is 0 Å². The quantitative estimate of drug-likeness (QED) is 0.120. The second kappa shape index (κ2) is 18.2. The van der Waals surface area contributed by atoms with Crippen LogP contribution in [0.1, 0.15) is 96.1 Å². The first kappa shape index (κ1) is 30.1. The number of nitrogens with two attached hydrogens (primary N) is 2. The fraction of sp³-hybridized carbons (Fsp3) is 0.643. The van der Waals surface area contributed by atoms with E-state index in [-0.39, 0.29) is 5.96 Å². The summed E-state index contributed by atoms with van der Waals surface area (Å²) in [5.74, 6) is 1.36. The first-order valence-corrected chi connectivity index (χ1v) is 14.1. The van der Waals surface area contributed by atoms with Crippen LogP contribution in [0.15, 0.2) is 24.3 Å². The number of rotatable bonds is 20. The molecule has 0 unspecified atom stereocenters. The summed E-state index contributed by atoms with van der Waals surface area (Å²) in [5, 5.41) is 3.34. The maximum atomic E-state index is 5.96. The van der Waals surface area contributed by atoms with Gasteiger partial charge in [-0.3, -0.25) is 16.5 Å². The number of guanidine groups is 1. The Bertz CT molecular complexity index is 913. The number of nitrogens with one attached hydrogen (secondary N) is 2. The molecule has 0 saturated heterocycles. The van der Waals surface area contributed by atoms with Crippen LogP contribution in [0.2, 0.25) is 0 Å². The molecular formula is C28H49N8O+. The van der Waals surface area contributed by atoms with Crippen LogP contribution in [0.25, 0.3) is 0 Å². The van der Waals surface area contributed by atoms with Gasteiger partial charge in [0.05, 0.1) is 13.2 Å². The lowest BCUT2D eigenvalue weighted by Gasteiger charge is -2.19. The zero-order valence-corrected chi connectivity index (χ0v) is 23.3.